The van der Waals surface area contributed by atoms with Crippen molar-refractivity contribution in [2.24, 2.45) is 0 Å². The summed E-state index contributed by atoms with van der Waals surface area (Å²) < 4.78 is 61.5. The van der Waals surface area contributed by atoms with Crippen LogP contribution in [-0.4, -0.2) is 25.9 Å². The van der Waals surface area contributed by atoms with E-state index in [1.165, 1.54) is 0 Å². The monoisotopic (exact) mass is 350 g/mol. The van der Waals surface area contributed by atoms with Crippen LogP contribution in [0.5, 0.6) is 0 Å². The Kier molecular flexibility index (Phi) is 21.4. The first kappa shape index (κ1) is 29.3. The van der Waals surface area contributed by atoms with E-state index in [-0.39, 0.29) is 46.4 Å². The molecule has 0 atom stereocenters. The van der Waals surface area contributed by atoms with E-state index in [9.17, 15) is 25.9 Å². The zero-order chi connectivity index (χ0) is 8.41. The normalized spacial score (nSPS) is 9.57. The molecule has 14 heteroatoms. The summed E-state index contributed by atoms with van der Waals surface area (Å²) in [6, 6.07) is 0. The van der Waals surface area contributed by atoms with Gasteiger partial charge in [-0.2, -0.15) is 0 Å². The summed E-state index contributed by atoms with van der Waals surface area (Å²) in [5.74, 6) is 0. The largest absolute Gasteiger partial charge is 2.00 e. The molecule has 14 heavy (non-hydrogen) atoms. The van der Waals surface area contributed by atoms with Crippen LogP contribution in [0.1, 0.15) is 0 Å². The van der Waals surface area contributed by atoms with Gasteiger partial charge in [-0.25, -0.2) is 16.8 Å². The summed E-state index contributed by atoms with van der Waals surface area (Å²) in [6.07, 6.45) is 0. The Morgan fingerprint density at radius 1 is 0.714 bits per heavy atom. The summed E-state index contributed by atoms with van der Waals surface area (Å²) in [5, 5.41) is 0. The SMILES string of the molecule is O=S(=O)([O-])OOS(=O)(=O)[O-].[Cu+2].[Cu+2].[NH2-].[NH2-]. The van der Waals surface area contributed by atoms with Crippen molar-refractivity contribution in [2.75, 3.05) is 0 Å². The Balaban J connectivity index is -0.0000000675. The van der Waals surface area contributed by atoms with Gasteiger partial charge in [0.25, 0.3) is 0 Å². The van der Waals surface area contributed by atoms with Gasteiger partial charge in [-0.05, 0) is 0 Å². The van der Waals surface area contributed by atoms with Gasteiger partial charge in [-0.15, -0.1) is 8.67 Å². The number of hydrogen-bond acceptors (Lipinski definition) is 8. The fourth-order valence-corrected chi connectivity index (χ4v) is 0.612. The summed E-state index contributed by atoms with van der Waals surface area (Å²) >= 11 is 0. The van der Waals surface area contributed by atoms with Crippen molar-refractivity contribution in [3.63, 3.8) is 0 Å². The van der Waals surface area contributed by atoms with Crippen LogP contribution in [0.15, 0.2) is 0 Å². The first-order valence-electron chi connectivity index (χ1n) is 1.50. The van der Waals surface area contributed by atoms with Crippen molar-refractivity contribution in [3.8, 4) is 0 Å². The molecule has 0 aliphatic heterocycles. The van der Waals surface area contributed by atoms with E-state index in [0.717, 1.165) is 0 Å². The molecule has 0 aromatic heterocycles. The number of hydrogen-bond donors (Lipinski definition) is 0. The molecule has 0 heterocycles. The molecule has 0 aromatic rings. The maximum absolute atomic E-state index is 9.37. The van der Waals surface area contributed by atoms with Crippen molar-refractivity contribution in [2.45, 2.75) is 0 Å². The average Bonchev–Trinajstić information content (AvgIpc) is 1.57. The summed E-state index contributed by atoms with van der Waals surface area (Å²) in [4.78, 5) is 0. The number of rotatable bonds is 3. The molecule has 0 aliphatic carbocycles. The van der Waals surface area contributed by atoms with Gasteiger partial charge in [-0.3, -0.25) is 0 Å². The van der Waals surface area contributed by atoms with Crippen LogP contribution < -0.4 is 0 Å². The molecule has 0 amide bonds. The minimum Gasteiger partial charge on any atom is -0.724 e. The molecule has 0 fully saturated rings. The molecule has 0 aromatic carbocycles. The van der Waals surface area contributed by atoms with Gasteiger partial charge in [0.2, 0.25) is 20.8 Å². The minimum absolute atomic E-state index is 0. The van der Waals surface area contributed by atoms with Gasteiger partial charge in [0.15, 0.2) is 0 Å². The predicted molar refractivity (Wildman–Crippen MR) is 32.1 cm³/mol. The van der Waals surface area contributed by atoms with E-state index in [1.807, 2.05) is 0 Å². The first-order valence-corrected chi connectivity index (χ1v) is 4.17. The van der Waals surface area contributed by atoms with Crippen LogP contribution in [0.3, 0.4) is 0 Å². The van der Waals surface area contributed by atoms with Crippen LogP contribution in [0, 0.1) is 0 Å². The molecule has 0 unspecified atom stereocenters. The molecular weight excluding hydrogens is 347 g/mol. The van der Waals surface area contributed by atoms with Crippen LogP contribution in [-0.2, 0) is 63.6 Å². The topological polar surface area (TPSA) is 200 Å². The Hall–Kier alpha value is 0.699. The van der Waals surface area contributed by atoms with E-state index in [2.05, 4.69) is 8.67 Å². The minimum atomic E-state index is -5.31. The Bertz CT molecular complexity index is 259. The van der Waals surface area contributed by atoms with Crippen LogP contribution in [0.2, 0.25) is 0 Å². The average molecular weight is 351 g/mol. The summed E-state index contributed by atoms with van der Waals surface area (Å²) in [5.41, 5.74) is 0. The fourth-order valence-electron chi connectivity index (χ4n) is 0.0680. The molecule has 0 saturated heterocycles. The van der Waals surface area contributed by atoms with Crippen molar-refractivity contribution in [3.05, 3.63) is 12.3 Å². The molecular formula is H4Cu2N2O8S2. The van der Waals surface area contributed by atoms with E-state index in [0.29, 0.717) is 0 Å². The third kappa shape index (κ3) is 29.3. The van der Waals surface area contributed by atoms with Gasteiger partial charge in [0, 0.05) is 0 Å². The third-order valence-electron chi connectivity index (χ3n) is 0.194. The van der Waals surface area contributed by atoms with E-state index < -0.39 is 20.8 Å². The molecule has 2 radical (unpaired) electrons. The van der Waals surface area contributed by atoms with E-state index in [1.54, 1.807) is 0 Å². The molecule has 0 saturated carbocycles. The maximum atomic E-state index is 9.37. The second-order valence-electron chi connectivity index (χ2n) is 0.953. The van der Waals surface area contributed by atoms with Gasteiger partial charge >= 0.3 is 34.1 Å². The summed E-state index contributed by atoms with van der Waals surface area (Å²) in [6.45, 7) is 0. The van der Waals surface area contributed by atoms with Crippen molar-refractivity contribution < 1.29 is 68.7 Å². The smallest absolute Gasteiger partial charge is 0.724 e. The van der Waals surface area contributed by atoms with Crippen LogP contribution in [0.25, 0.3) is 12.3 Å². The maximum Gasteiger partial charge on any atom is 2.00 e. The van der Waals surface area contributed by atoms with E-state index >= 15 is 0 Å². The quantitative estimate of drug-likeness (QED) is 0.208. The number of nitrogens with two attached hydrogens (primary N) is 2. The molecule has 10 nitrogen and oxygen atoms in total. The van der Waals surface area contributed by atoms with Gasteiger partial charge in [0.1, 0.15) is 0 Å². The standard InChI is InChI=1S/2Cu.2H2N.H2O8S2/c;;;;1-9(2,3)7-8-10(4,5)6/h;;2*1H2;(H,1,2,3)(H,4,5,6)/q2*+2;2*-1;/p-2. The van der Waals surface area contributed by atoms with Crippen molar-refractivity contribution in [1.29, 1.82) is 0 Å². The van der Waals surface area contributed by atoms with Crippen LogP contribution >= 0.6 is 0 Å². The zero-order valence-electron chi connectivity index (χ0n) is 5.84. The molecule has 96 valence electrons. The fraction of sp³-hybridized carbons (Fsp3) is 0. The van der Waals surface area contributed by atoms with E-state index in [4.69, 9.17) is 0 Å². The van der Waals surface area contributed by atoms with Gasteiger partial charge < -0.3 is 21.4 Å². The molecule has 0 bridgehead atoms. The van der Waals surface area contributed by atoms with Gasteiger partial charge in [0.05, 0.1) is 0 Å². The third-order valence-corrected chi connectivity index (χ3v) is 0.750. The zero-order valence-corrected chi connectivity index (χ0v) is 9.36. The predicted octanol–water partition coefficient (Wildman–Crippen LogP) is -0.716. The Morgan fingerprint density at radius 2 is 0.857 bits per heavy atom. The van der Waals surface area contributed by atoms with Crippen LogP contribution in [0.4, 0.5) is 0 Å². The Labute approximate surface area is 102 Å². The van der Waals surface area contributed by atoms with Crippen molar-refractivity contribution in [1.82, 2.24) is 0 Å². The molecule has 0 spiro atoms. The second kappa shape index (κ2) is 10.2. The molecule has 0 aliphatic rings. The molecule has 4 N–H and O–H groups in total. The second-order valence-corrected chi connectivity index (χ2v) is 2.86. The summed E-state index contributed by atoms with van der Waals surface area (Å²) in [7, 11) is -10.6. The van der Waals surface area contributed by atoms with Crippen molar-refractivity contribution >= 4 is 20.8 Å². The first-order chi connectivity index (χ1) is 4.21. The Morgan fingerprint density at radius 3 is 0.929 bits per heavy atom. The van der Waals surface area contributed by atoms with Gasteiger partial charge in [-0.1, -0.05) is 0 Å². The molecule has 0 rings (SSSR count).